The van der Waals surface area contributed by atoms with E-state index in [4.69, 9.17) is 5.73 Å². The van der Waals surface area contributed by atoms with Crippen molar-refractivity contribution in [1.82, 2.24) is 4.90 Å². The van der Waals surface area contributed by atoms with Crippen molar-refractivity contribution in [3.8, 4) is 5.75 Å². The minimum Gasteiger partial charge on any atom is -0.406 e. The zero-order valence-corrected chi connectivity index (χ0v) is 15.0. The Balaban J connectivity index is 0.00000264. The van der Waals surface area contributed by atoms with E-state index in [2.05, 4.69) is 9.73 Å². The van der Waals surface area contributed by atoms with Crippen LogP contribution in [-0.2, 0) is 6.42 Å². The van der Waals surface area contributed by atoms with Crippen molar-refractivity contribution in [1.29, 1.82) is 0 Å². The highest BCUT2D eigenvalue weighted by Gasteiger charge is 2.31. The zero-order valence-electron chi connectivity index (χ0n) is 12.7. The maximum atomic E-state index is 12.3. The third-order valence-corrected chi connectivity index (χ3v) is 3.53. The van der Waals surface area contributed by atoms with Gasteiger partial charge in [-0.25, -0.2) is 0 Å². The van der Waals surface area contributed by atoms with Gasteiger partial charge in [-0.3, -0.25) is 4.99 Å². The number of rotatable bonds is 4. The molecule has 2 rings (SSSR count). The number of nitrogens with two attached hydrogens (primary N) is 1. The highest BCUT2D eigenvalue weighted by atomic mass is 127. The Bertz CT molecular complexity index is 517. The molecule has 1 aromatic carbocycles. The standard InChI is InChI=1S/C15H20F3N3O.HI/c16-15(17,18)22-13-7-3-2-6-12(13)8-9-20-14(19)21-10-4-1-5-11-21;/h2-3,6-7H,1,4-5,8-11H2,(H2,19,20);1H. The SMILES string of the molecule is I.NC(=NCCc1ccccc1OC(F)(F)F)N1CCCCC1. The van der Waals surface area contributed by atoms with Crippen LogP contribution >= 0.6 is 24.0 Å². The van der Waals surface area contributed by atoms with E-state index < -0.39 is 6.36 Å². The molecule has 1 aliphatic rings. The maximum absolute atomic E-state index is 12.3. The molecule has 0 aliphatic carbocycles. The number of hydrogen-bond donors (Lipinski definition) is 1. The molecule has 4 nitrogen and oxygen atoms in total. The van der Waals surface area contributed by atoms with Gasteiger partial charge in [0, 0.05) is 19.6 Å². The van der Waals surface area contributed by atoms with Crippen molar-refractivity contribution in [2.45, 2.75) is 32.0 Å². The summed E-state index contributed by atoms with van der Waals surface area (Å²) >= 11 is 0. The zero-order chi connectivity index (χ0) is 16.0. The van der Waals surface area contributed by atoms with E-state index in [1.807, 2.05) is 4.90 Å². The fourth-order valence-corrected chi connectivity index (χ4v) is 2.45. The summed E-state index contributed by atoms with van der Waals surface area (Å²) in [6.45, 7) is 2.12. The summed E-state index contributed by atoms with van der Waals surface area (Å²) in [6.07, 6.45) is -0.949. The number of hydrogen-bond acceptors (Lipinski definition) is 2. The van der Waals surface area contributed by atoms with E-state index in [0.717, 1.165) is 25.9 Å². The first-order valence-corrected chi connectivity index (χ1v) is 7.34. The molecule has 2 N–H and O–H groups in total. The van der Waals surface area contributed by atoms with Gasteiger partial charge in [0.15, 0.2) is 5.96 Å². The Kier molecular flexibility index (Phi) is 7.93. The highest BCUT2D eigenvalue weighted by Crippen LogP contribution is 2.26. The molecule has 0 unspecified atom stereocenters. The topological polar surface area (TPSA) is 50.9 Å². The summed E-state index contributed by atoms with van der Waals surface area (Å²) in [6, 6.07) is 6.10. The number of nitrogens with zero attached hydrogens (tertiary/aromatic N) is 2. The van der Waals surface area contributed by atoms with Crippen molar-refractivity contribution >= 4 is 29.9 Å². The molecule has 0 bridgehead atoms. The highest BCUT2D eigenvalue weighted by molar-refractivity contribution is 14.0. The first-order valence-electron chi connectivity index (χ1n) is 7.34. The third kappa shape index (κ3) is 6.84. The number of ether oxygens (including phenoxy) is 1. The normalized spacial score (nSPS) is 16.0. The first-order chi connectivity index (χ1) is 10.5. The number of halogens is 4. The molecule has 1 fully saturated rings. The maximum Gasteiger partial charge on any atom is 0.573 e. The Morgan fingerprint density at radius 1 is 1.17 bits per heavy atom. The molecule has 1 heterocycles. The first kappa shape index (κ1) is 19.9. The summed E-state index contributed by atoms with van der Waals surface area (Å²) in [7, 11) is 0. The lowest BCUT2D eigenvalue weighted by Gasteiger charge is -2.27. The van der Waals surface area contributed by atoms with E-state index in [1.165, 1.54) is 18.6 Å². The summed E-state index contributed by atoms with van der Waals surface area (Å²) in [5, 5.41) is 0. The van der Waals surface area contributed by atoms with Crippen LogP contribution in [0.15, 0.2) is 29.3 Å². The predicted octanol–water partition coefficient (Wildman–Crippen LogP) is 3.55. The molecule has 1 aliphatic heterocycles. The van der Waals surface area contributed by atoms with Gasteiger partial charge in [-0.15, -0.1) is 37.1 Å². The van der Waals surface area contributed by atoms with E-state index in [1.54, 1.807) is 12.1 Å². The molecular weight excluding hydrogens is 422 g/mol. The average Bonchev–Trinajstić information content (AvgIpc) is 2.48. The summed E-state index contributed by atoms with van der Waals surface area (Å²) in [4.78, 5) is 6.28. The molecule has 0 spiro atoms. The van der Waals surface area contributed by atoms with Crippen LogP contribution in [0, 0.1) is 0 Å². The van der Waals surface area contributed by atoms with Gasteiger partial charge < -0.3 is 15.4 Å². The van der Waals surface area contributed by atoms with Gasteiger partial charge in [0.05, 0.1) is 0 Å². The van der Waals surface area contributed by atoms with Gasteiger partial charge in [0.1, 0.15) is 5.75 Å². The quantitative estimate of drug-likeness (QED) is 0.440. The van der Waals surface area contributed by atoms with Crippen LogP contribution in [0.3, 0.4) is 0 Å². The Morgan fingerprint density at radius 3 is 2.48 bits per heavy atom. The van der Waals surface area contributed by atoms with Crippen molar-refractivity contribution in [3.05, 3.63) is 29.8 Å². The van der Waals surface area contributed by atoms with Gasteiger partial charge >= 0.3 is 6.36 Å². The van der Waals surface area contributed by atoms with Gasteiger partial charge in [-0.05, 0) is 37.3 Å². The number of aliphatic imine (C=N–C) groups is 1. The molecule has 130 valence electrons. The van der Waals surface area contributed by atoms with Gasteiger partial charge in [0.25, 0.3) is 0 Å². The number of piperidine rings is 1. The molecule has 0 atom stereocenters. The lowest BCUT2D eigenvalue weighted by molar-refractivity contribution is -0.274. The fourth-order valence-electron chi connectivity index (χ4n) is 2.45. The number of guanidine groups is 1. The number of likely N-dealkylation sites (tertiary alicyclic amines) is 1. The number of para-hydroxylation sites is 1. The average molecular weight is 443 g/mol. The van der Waals surface area contributed by atoms with Crippen molar-refractivity contribution in [3.63, 3.8) is 0 Å². The van der Waals surface area contributed by atoms with Crippen LogP contribution < -0.4 is 10.5 Å². The second-order valence-corrected chi connectivity index (χ2v) is 5.19. The van der Waals surface area contributed by atoms with Crippen LogP contribution in [0.4, 0.5) is 13.2 Å². The van der Waals surface area contributed by atoms with Crippen molar-refractivity contribution < 1.29 is 17.9 Å². The summed E-state index contributed by atoms with van der Waals surface area (Å²) < 4.78 is 41.0. The minimum atomic E-state index is -4.69. The Hall–Kier alpha value is -1.19. The molecule has 1 saturated heterocycles. The Labute approximate surface area is 150 Å². The van der Waals surface area contributed by atoms with Crippen molar-refractivity contribution in [2.24, 2.45) is 10.7 Å². The van der Waals surface area contributed by atoms with E-state index >= 15 is 0 Å². The van der Waals surface area contributed by atoms with Crippen LogP contribution in [0.25, 0.3) is 0 Å². The number of benzene rings is 1. The minimum absolute atomic E-state index is 0. The number of alkyl halides is 3. The van der Waals surface area contributed by atoms with Gasteiger partial charge in [-0.1, -0.05) is 18.2 Å². The smallest absolute Gasteiger partial charge is 0.406 e. The van der Waals surface area contributed by atoms with Crippen LogP contribution in [0.2, 0.25) is 0 Å². The summed E-state index contributed by atoms with van der Waals surface area (Å²) in [5.74, 6) is 0.288. The molecule has 0 aromatic heterocycles. The molecule has 8 heteroatoms. The molecule has 23 heavy (non-hydrogen) atoms. The molecule has 1 aromatic rings. The molecular formula is C15H21F3IN3O. The predicted molar refractivity (Wildman–Crippen MR) is 94.2 cm³/mol. The largest absolute Gasteiger partial charge is 0.573 e. The van der Waals surface area contributed by atoms with Crippen LogP contribution in [0.1, 0.15) is 24.8 Å². The van der Waals surface area contributed by atoms with Crippen LogP contribution in [-0.4, -0.2) is 36.9 Å². The van der Waals surface area contributed by atoms with E-state index in [9.17, 15) is 13.2 Å². The third-order valence-electron chi connectivity index (χ3n) is 3.53. The van der Waals surface area contributed by atoms with Crippen molar-refractivity contribution in [2.75, 3.05) is 19.6 Å². The molecule has 0 radical (unpaired) electrons. The fraction of sp³-hybridized carbons (Fsp3) is 0.533. The monoisotopic (exact) mass is 443 g/mol. The van der Waals surface area contributed by atoms with Gasteiger partial charge in [0.2, 0.25) is 0 Å². The molecule has 0 saturated carbocycles. The lowest BCUT2D eigenvalue weighted by atomic mass is 10.1. The summed E-state index contributed by atoms with van der Waals surface area (Å²) in [5.41, 5.74) is 6.38. The van der Waals surface area contributed by atoms with Crippen LogP contribution in [0.5, 0.6) is 5.75 Å². The van der Waals surface area contributed by atoms with Gasteiger partial charge in [-0.2, -0.15) is 0 Å². The second kappa shape index (κ2) is 9.19. The van der Waals surface area contributed by atoms with E-state index in [-0.39, 0.29) is 29.7 Å². The second-order valence-electron chi connectivity index (χ2n) is 5.19. The van der Waals surface area contributed by atoms with E-state index in [0.29, 0.717) is 24.5 Å². The lowest BCUT2D eigenvalue weighted by Crippen LogP contribution is -2.41. The Morgan fingerprint density at radius 2 is 1.83 bits per heavy atom. The molecule has 0 amide bonds.